The molecule has 0 unspecified atom stereocenters. The number of aliphatic hydroxyl groups excluding tert-OH is 1. The smallest absolute Gasteiger partial charge is 0.340 e. The van der Waals surface area contributed by atoms with Crippen molar-refractivity contribution in [2.75, 3.05) is 19.5 Å². The number of ether oxygens (including phenoxy) is 2. The van der Waals surface area contributed by atoms with Gasteiger partial charge in [-0.25, -0.2) is 4.79 Å². The van der Waals surface area contributed by atoms with Gasteiger partial charge in [0.25, 0.3) is 0 Å². The maximum atomic E-state index is 11.7. The molecule has 2 amide bonds. The Morgan fingerprint density at radius 2 is 2.37 bits per heavy atom. The number of urea groups is 1. The van der Waals surface area contributed by atoms with Gasteiger partial charge in [-0.3, -0.25) is 0 Å². The lowest BCUT2D eigenvalue weighted by Gasteiger charge is -2.37. The first-order valence-corrected chi connectivity index (χ1v) is 6.40. The van der Waals surface area contributed by atoms with Gasteiger partial charge in [-0.05, 0) is 13.3 Å². The summed E-state index contributed by atoms with van der Waals surface area (Å²) < 4.78 is 10.3. The van der Waals surface area contributed by atoms with Crippen LogP contribution in [-0.2, 0) is 9.47 Å². The predicted molar refractivity (Wildman–Crippen MR) is 67.5 cm³/mol. The fourth-order valence-electron chi connectivity index (χ4n) is 1.88. The first kappa shape index (κ1) is 16.1. The van der Waals surface area contributed by atoms with E-state index in [1.807, 2.05) is 0 Å². The Balaban J connectivity index is 2.63. The second-order valence-electron chi connectivity index (χ2n) is 4.23. The van der Waals surface area contributed by atoms with Gasteiger partial charge in [0.15, 0.2) is 6.29 Å². The van der Waals surface area contributed by atoms with Gasteiger partial charge in [0.05, 0.1) is 24.0 Å². The van der Waals surface area contributed by atoms with Gasteiger partial charge in [-0.15, -0.1) is 16.5 Å². The Bertz CT molecular complexity index is 320. The molecule has 1 heterocycles. The maximum Gasteiger partial charge on any atom is 0.340 e. The summed E-state index contributed by atoms with van der Waals surface area (Å²) in [5.74, 6) is 0.0899. The minimum Gasteiger partial charge on any atom is -0.386 e. The molecule has 0 aromatic heterocycles. The first-order valence-electron chi connectivity index (χ1n) is 5.87. The number of halogens is 1. The average molecular weight is 296 g/mol. The Kier molecular flexibility index (Phi) is 6.43. The molecule has 0 spiro atoms. The molecule has 1 aliphatic rings. The van der Waals surface area contributed by atoms with Crippen LogP contribution in [0.2, 0.25) is 0 Å². The summed E-state index contributed by atoms with van der Waals surface area (Å²) in [6.07, 6.45) is -1.63. The molecule has 4 atom stereocenters. The zero-order valence-electron chi connectivity index (χ0n) is 10.8. The number of rotatable bonds is 5. The van der Waals surface area contributed by atoms with Crippen LogP contribution < -0.4 is 5.32 Å². The summed E-state index contributed by atoms with van der Waals surface area (Å²) in [4.78, 5) is 22.2. The first-order chi connectivity index (χ1) is 9.03. The molecule has 0 aromatic carbocycles. The summed E-state index contributed by atoms with van der Waals surface area (Å²) in [7, 11) is 1.40. The van der Waals surface area contributed by atoms with E-state index < -0.39 is 24.5 Å². The van der Waals surface area contributed by atoms with Crippen LogP contribution in [0.25, 0.3) is 0 Å². The summed E-state index contributed by atoms with van der Waals surface area (Å²) in [5.41, 5.74) is 0. The molecule has 0 bridgehead atoms. The monoisotopic (exact) mass is 295 g/mol. The van der Waals surface area contributed by atoms with Crippen molar-refractivity contribution in [3.8, 4) is 0 Å². The third-order valence-corrected chi connectivity index (χ3v) is 2.98. The molecule has 1 saturated heterocycles. The van der Waals surface area contributed by atoms with E-state index in [-0.39, 0.29) is 18.5 Å². The van der Waals surface area contributed by atoms with E-state index in [0.29, 0.717) is 11.4 Å². The number of nitrogens with one attached hydrogen (secondary N) is 1. The van der Waals surface area contributed by atoms with Crippen LogP contribution in [-0.4, -0.2) is 60.2 Å². The lowest BCUT2D eigenvalue weighted by molar-refractivity contribution is -0.232. The SMILES string of the molecule is CO[C@@H]1O[C@H](C)C[C@H](NC(=O)N(CCCl)N=O)[C@H]1O. The molecule has 1 aliphatic heterocycles. The summed E-state index contributed by atoms with van der Waals surface area (Å²) in [5, 5.41) is 15.7. The third-order valence-electron chi connectivity index (χ3n) is 2.81. The topological polar surface area (TPSA) is 100 Å². The standard InChI is InChI=1S/C10H18ClN3O5/c1-6-5-7(8(15)9(18-2)19-6)12-10(16)14(13-17)4-3-11/h6-9,15H,3-5H2,1-2H3,(H,12,16)/t6-,7+,8-,9-/m1/s1. The number of nitrogens with zero attached hydrogens (tertiary/aromatic N) is 2. The highest BCUT2D eigenvalue weighted by Crippen LogP contribution is 2.20. The zero-order valence-corrected chi connectivity index (χ0v) is 11.5. The average Bonchev–Trinajstić information content (AvgIpc) is 2.39. The van der Waals surface area contributed by atoms with E-state index in [2.05, 4.69) is 10.6 Å². The van der Waals surface area contributed by atoms with Crippen molar-refractivity contribution >= 4 is 17.6 Å². The quantitative estimate of drug-likeness (QED) is 0.435. The molecule has 0 aromatic rings. The van der Waals surface area contributed by atoms with E-state index in [0.717, 1.165) is 0 Å². The second-order valence-corrected chi connectivity index (χ2v) is 4.60. The second kappa shape index (κ2) is 7.59. The van der Waals surface area contributed by atoms with Gasteiger partial charge in [-0.1, -0.05) is 0 Å². The number of aliphatic hydroxyl groups is 1. The molecule has 2 N–H and O–H groups in total. The van der Waals surface area contributed by atoms with E-state index in [1.54, 1.807) is 6.92 Å². The summed E-state index contributed by atoms with van der Waals surface area (Å²) >= 11 is 5.45. The molecule has 0 aliphatic carbocycles. The van der Waals surface area contributed by atoms with Gasteiger partial charge in [0, 0.05) is 13.0 Å². The highest BCUT2D eigenvalue weighted by molar-refractivity contribution is 6.18. The van der Waals surface area contributed by atoms with Crippen LogP contribution >= 0.6 is 11.6 Å². The molecule has 0 radical (unpaired) electrons. The third kappa shape index (κ3) is 4.27. The number of nitroso groups, excluding NO2 is 1. The molecule has 0 saturated carbocycles. The molecule has 19 heavy (non-hydrogen) atoms. The number of hydrogen-bond acceptors (Lipinski definition) is 6. The molecular formula is C10H18ClN3O5. The van der Waals surface area contributed by atoms with Crippen LogP contribution in [0.15, 0.2) is 5.29 Å². The number of carbonyl (C=O) groups is 1. The molecule has 1 fully saturated rings. The highest BCUT2D eigenvalue weighted by atomic mass is 35.5. The minimum atomic E-state index is -1.02. The molecular weight excluding hydrogens is 278 g/mol. The molecule has 9 heteroatoms. The lowest BCUT2D eigenvalue weighted by atomic mass is 10.0. The van der Waals surface area contributed by atoms with Crippen molar-refractivity contribution in [1.82, 2.24) is 10.3 Å². The number of alkyl halides is 1. The number of carbonyl (C=O) groups excluding carboxylic acids is 1. The largest absolute Gasteiger partial charge is 0.386 e. The van der Waals surface area contributed by atoms with Gasteiger partial charge in [-0.2, -0.15) is 5.01 Å². The van der Waals surface area contributed by atoms with Crippen molar-refractivity contribution in [3.63, 3.8) is 0 Å². The Hall–Kier alpha value is -0.960. The number of hydrogen-bond donors (Lipinski definition) is 2. The highest BCUT2D eigenvalue weighted by Gasteiger charge is 2.37. The molecule has 8 nitrogen and oxygen atoms in total. The summed E-state index contributed by atoms with van der Waals surface area (Å²) in [6, 6.07) is -1.29. The van der Waals surface area contributed by atoms with Crippen LogP contribution in [0.5, 0.6) is 0 Å². The van der Waals surface area contributed by atoms with Crippen LogP contribution in [0, 0.1) is 4.91 Å². The van der Waals surface area contributed by atoms with Crippen molar-refractivity contribution in [3.05, 3.63) is 4.91 Å². The number of amides is 2. The van der Waals surface area contributed by atoms with E-state index >= 15 is 0 Å². The Labute approximate surface area is 115 Å². The van der Waals surface area contributed by atoms with Crippen molar-refractivity contribution in [1.29, 1.82) is 0 Å². The molecule has 110 valence electrons. The minimum absolute atomic E-state index is 0.000532. The Morgan fingerprint density at radius 1 is 1.68 bits per heavy atom. The van der Waals surface area contributed by atoms with Gasteiger partial charge < -0.3 is 19.9 Å². The van der Waals surface area contributed by atoms with Crippen LogP contribution in [0.4, 0.5) is 4.79 Å². The van der Waals surface area contributed by atoms with Crippen LogP contribution in [0.1, 0.15) is 13.3 Å². The normalized spacial score (nSPS) is 30.7. The lowest BCUT2D eigenvalue weighted by Crippen LogP contribution is -2.57. The van der Waals surface area contributed by atoms with E-state index in [9.17, 15) is 14.8 Å². The van der Waals surface area contributed by atoms with E-state index in [4.69, 9.17) is 21.1 Å². The zero-order chi connectivity index (χ0) is 14.4. The van der Waals surface area contributed by atoms with Crippen molar-refractivity contribution in [2.45, 2.75) is 37.9 Å². The van der Waals surface area contributed by atoms with Gasteiger partial charge in [0.1, 0.15) is 6.10 Å². The van der Waals surface area contributed by atoms with Crippen molar-refractivity contribution < 1.29 is 19.4 Å². The van der Waals surface area contributed by atoms with Gasteiger partial charge in [0.2, 0.25) is 0 Å². The fourth-order valence-corrected chi connectivity index (χ4v) is 2.04. The van der Waals surface area contributed by atoms with Crippen molar-refractivity contribution in [2.24, 2.45) is 5.29 Å². The van der Waals surface area contributed by atoms with E-state index in [1.165, 1.54) is 7.11 Å². The Morgan fingerprint density at radius 3 is 2.89 bits per heavy atom. The van der Waals surface area contributed by atoms with Gasteiger partial charge >= 0.3 is 6.03 Å². The fraction of sp³-hybridized carbons (Fsp3) is 0.900. The number of methoxy groups -OCH3 is 1. The summed E-state index contributed by atoms with van der Waals surface area (Å²) in [6.45, 7) is 1.80. The maximum absolute atomic E-state index is 11.7. The molecule has 1 rings (SSSR count). The predicted octanol–water partition coefficient (Wildman–Crippen LogP) is 0.429. The van der Waals surface area contributed by atoms with Crippen LogP contribution in [0.3, 0.4) is 0 Å².